The second-order valence-corrected chi connectivity index (χ2v) is 5.62. The molecule has 3 nitrogen and oxygen atoms in total. The molecule has 0 amide bonds. The number of nitrogens with zero attached hydrogens (tertiary/aromatic N) is 2. The Labute approximate surface area is 107 Å². The fourth-order valence-corrected chi connectivity index (χ4v) is 2.98. The van der Waals surface area contributed by atoms with Crippen LogP contribution in [0.4, 0.5) is 0 Å². The zero-order chi connectivity index (χ0) is 12.1. The molecule has 92 valence electrons. The second-order valence-electron chi connectivity index (χ2n) is 4.33. The second kappa shape index (κ2) is 6.05. The lowest BCUT2D eigenvalue weighted by Crippen LogP contribution is -2.19. The van der Waals surface area contributed by atoms with Crippen LogP contribution in [0.3, 0.4) is 0 Å². The molecule has 0 fully saturated rings. The van der Waals surface area contributed by atoms with Gasteiger partial charge in [0.1, 0.15) is 0 Å². The van der Waals surface area contributed by atoms with Gasteiger partial charge in [0, 0.05) is 24.2 Å². The van der Waals surface area contributed by atoms with Gasteiger partial charge in [0.15, 0.2) is 5.17 Å². The van der Waals surface area contributed by atoms with Gasteiger partial charge in [-0.2, -0.15) is 0 Å². The zero-order valence-corrected chi connectivity index (χ0v) is 11.3. The summed E-state index contributed by atoms with van der Waals surface area (Å²) in [6.45, 7) is 6.13. The lowest BCUT2D eigenvalue weighted by atomic mass is 10.2. The first-order valence-corrected chi connectivity index (χ1v) is 7.02. The minimum Gasteiger partial charge on any atom is -0.361 e. The molecule has 0 aliphatic carbocycles. The number of aliphatic imine (C=N–C) groups is 1. The molecule has 0 radical (unpaired) electrons. The van der Waals surface area contributed by atoms with Crippen LogP contribution in [-0.2, 0) is 6.54 Å². The Hall–Kier alpha value is -1.03. The van der Waals surface area contributed by atoms with E-state index in [1.165, 1.54) is 24.0 Å². The average molecular weight is 249 g/mol. The van der Waals surface area contributed by atoms with Gasteiger partial charge in [0.2, 0.25) is 0 Å². The summed E-state index contributed by atoms with van der Waals surface area (Å²) in [5.74, 6) is 0. The fraction of sp³-hybridized carbons (Fsp3) is 0.538. The van der Waals surface area contributed by atoms with Crippen molar-refractivity contribution in [1.29, 1.82) is 0 Å². The third kappa shape index (κ3) is 3.46. The van der Waals surface area contributed by atoms with Crippen molar-refractivity contribution in [2.45, 2.75) is 38.5 Å². The van der Waals surface area contributed by atoms with Gasteiger partial charge in [-0.05, 0) is 30.5 Å². The monoisotopic (exact) mass is 249 g/mol. The van der Waals surface area contributed by atoms with Crippen molar-refractivity contribution in [3.05, 3.63) is 29.6 Å². The molecule has 1 atom stereocenters. The van der Waals surface area contributed by atoms with Crippen molar-refractivity contribution in [3.63, 3.8) is 0 Å². The van der Waals surface area contributed by atoms with Crippen LogP contribution in [0.1, 0.15) is 30.9 Å². The van der Waals surface area contributed by atoms with Crippen LogP contribution in [-0.4, -0.2) is 21.9 Å². The Kier molecular flexibility index (Phi) is 4.42. The minimum absolute atomic E-state index is 0.682. The maximum Gasteiger partial charge on any atom is 0.157 e. The zero-order valence-electron chi connectivity index (χ0n) is 10.4. The number of hydrogen-bond donors (Lipinski definition) is 1. The van der Waals surface area contributed by atoms with Crippen molar-refractivity contribution in [1.82, 2.24) is 10.3 Å². The van der Waals surface area contributed by atoms with Crippen LogP contribution in [0.2, 0.25) is 0 Å². The van der Waals surface area contributed by atoms with Crippen LogP contribution in [0.25, 0.3) is 0 Å². The maximum absolute atomic E-state index is 4.53. The van der Waals surface area contributed by atoms with Crippen LogP contribution in [0.5, 0.6) is 0 Å². The third-order valence-corrected chi connectivity index (χ3v) is 4.11. The van der Waals surface area contributed by atoms with E-state index in [1.807, 2.05) is 24.2 Å². The maximum atomic E-state index is 4.53. The van der Waals surface area contributed by atoms with Gasteiger partial charge in [-0.1, -0.05) is 25.1 Å². The number of nitrogens with one attached hydrogen (secondary N) is 1. The first kappa shape index (κ1) is 12.4. The molecule has 2 heterocycles. The van der Waals surface area contributed by atoms with E-state index < -0.39 is 0 Å². The Bertz CT molecular complexity index is 403. The summed E-state index contributed by atoms with van der Waals surface area (Å²) in [6.07, 6.45) is 6.24. The molecule has 0 spiro atoms. The largest absolute Gasteiger partial charge is 0.361 e. The number of aromatic nitrogens is 1. The molecule has 0 saturated carbocycles. The number of thioether (sulfide) groups is 1. The van der Waals surface area contributed by atoms with Gasteiger partial charge >= 0.3 is 0 Å². The van der Waals surface area contributed by atoms with Gasteiger partial charge in [0.05, 0.1) is 6.54 Å². The Balaban J connectivity index is 1.82. The molecule has 4 heteroatoms. The number of pyridine rings is 1. The number of hydrogen-bond acceptors (Lipinski definition) is 4. The molecule has 1 aliphatic heterocycles. The normalized spacial score (nSPS) is 19.2. The summed E-state index contributed by atoms with van der Waals surface area (Å²) >= 11 is 1.88. The highest BCUT2D eigenvalue weighted by Gasteiger charge is 2.18. The summed E-state index contributed by atoms with van der Waals surface area (Å²) < 4.78 is 0. The molecule has 1 aromatic rings. The predicted octanol–water partition coefficient (Wildman–Crippen LogP) is 2.75. The summed E-state index contributed by atoms with van der Waals surface area (Å²) in [4.78, 5) is 8.63. The molecule has 1 aliphatic rings. The Morgan fingerprint density at radius 3 is 3.18 bits per heavy atom. The molecule has 0 bridgehead atoms. The lowest BCUT2D eigenvalue weighted by molar-refractivity contribution is 0.753. The van der Waals surface area contributed by atoms with E-state index in [-0.39, 0.29) is 0 Å². The fourth-order valence-electron chi connectivity index (χ4n) is 1.86. The SMILES string of the molecule is CCCC1CN=C(NCc2ccncc2C)S1. The van der Waals surface area contributed by atoms with Gasteiger partial charge in [-0.25, -0.2) is 0 Å². The van der Waals surface area contributed by atoms with Crippen LogP contribution < -0.4 is 5.32 Å². The van der Waals surface area contributed by atoms with E-state index >= 15 is 0 Å². The minimum atomic E-state index is 0.682. The van der Waals surface area contributed by atoms with Gasteiger partial charge in [-0.15, -0.1) is 0 Å². The third-order valence-electron chi connectivity index (χ3n) is 2.89. The number of aryl methyl sites for hydroxylation is 1. The van der Waals surface area contributed by atoms with E-state index in [9.17, 15) is 0 Å². The van der Waals surface area contributed by atoms with Crippen molar-refractivity contribution in [2.24, 2.45) is 4.99 Å². The van der Waals surface area contributed by atoms with E-state index in [2.05, 4.69) is 35.2 Å². The molecule has 0 saturated heterocycles. The van der Waals surface area contributed by atoms with Gasteiger partial charge in [-0.3, -0.25) is 9.98 Å². The smallest absolute Gasteiger partial charge is 0.157 e. The summed E-state index contributed by atoms with van der Waals surface area (Å²) in [5.41, 5.74) is 2.52. The van der Waals surface area contributed by atoms with E-state index in [1.54, 1.807) is 0 Å². The highest BCUT2D eigenvalue weighted by molar-refractivity contribution is 8.14. The van der Waals surface area contributed by atoms with Crippen molar-refractivity contribution in [2.75, 3.05) is 6.54 Å². The molecule has 1 aromatic heterocycles. The van der Waals surface area contributed by atoms with Crippen LogP contribution in [0, 0.1) is 6.92 Å². The Morgan fingerprint density at radius 2 is 2.41 bits per heavy atom. The molecule has 0 aromatic carbocycles. The van der Waals surface area contributed by atoms with E-state index in [4.69, 9.17) is 0 Å². The van der Waals surface area contributed by atoms with Crippen molar-refractivity contribution < 1.29 is 0 Å². The number of rotatable bonds is 4. The molecule has 17 heavy (non-hydrogen) atoms. The number of amidine groups is 1. The van der Waals surface area contributed by atoms with Gasteiger partial charge in [0.25, 0.3) is 0 Å². The first-order valence-electron chi connectivity index (χ1n) is 6.14. The molecular formula is C13H19N3S. The lowest BCUT2D eigenvalue weighted by Gasteiger charge is -2.09. The quantitative estimate of drug-likeness (QED) is 0.891. The first-order chi connectivity index (χ1) is 8.29. The highest BCUT2D eigenvalue weighted by Crippen LogP contribution is 2.23. The van der Waals surface area contributed by atoms with Crippen LogP contribution >= 0.6 is 11.8 Å². The molecular weight excluding hydrogens is 230 g/mol. The van der Waals surface area contributed by atoms with Crippen molar-refractivity contribution in [3.8, 4) is 0 Å². The summed E-state index contributed by atoms with van der Waals surface area (Å²) in [5, 5.41) is 5.19. The van der Waals surface area contributed by atoms with E-state index in [0.29, 0.717) is 5.25 Å². The Morgan fingerprint density at radius 1 is 1.53 bits per heavy atom. The predicted molar refractivity (Wildman–Crippen MR) is 74.4 cm³/mol. The molecule has 2 rings (SSSR count). The molecule has 1 N–H and O–H groups in total. The highest BCUT2D eigenvalue weighted by atomic mass is 32.2. The molecule has 1 unspecified atom stereocenters. The summed E-state index contributed by atoms with van der Waals surface area (Å²) in [6, 6.07) is 2.06. The van der Waals surface area contributed by atoms with E-state index in [0.717, 1.165) is 18.3 Å². The standard InChI is InChI=1S/C13H19N3S/c1-3-4-12-9-16-13(17-12)15-8-11-5-6-14-7-10(11)2/h5-7,12H,3-4,8-9H2,1-2H3,(H,15,16). The van der Waals surface area contributed by atoms with Gasteiger partial charge < -0.3 is 5.32 Å². The van der Waals surface area contributed by atoms with Crippen LogP contribution in [0.15, 0.2) is 23.5 Å². The van der Waals surface area contributed by atoms with Crippen molar-refractivity contribution >= 4 is 16.9 Å². The topological polar surface area (TPSA) is 37.3 Å². The summed E-state index contributed by atoms with van der Waals surface area (Å²) in [7, 11) is 0. The average Bonchev–Trinajstić information content (AvgIpc) is 2.76.